The standard InChI is InChI=1S/C19H23N5O3/c1-2-23-5-7-24(8-6-23)19(25)15-10-18(22-12-21-15)20-11-14-3-4-16-17(9-14)27-13-26-16/h3-4,9-10,12H,2,5-8,11,13H2,1H3,(H,20,21,22). The molecule has 0 radical (unpaired) electrons. The molecule has 1 fully saturated rings. The SMILES string of the molecule is CCN1CCN(C(=O)c2cc(NCc3ccc4c(c3)OCO4)ncn2)CC1. The Morgan fingerprint density at radius 1 is 1.11 bits per heavy atom. The Morgan fingerprint density at radius 2 is 1.93 bits per heavy atom. The van der Waals surface area contributed by atoms with E-state index in [9.17, 15) is 4.79 Å². The van der Waals surface area contributed by atoms with Crippen LogP contribution in [-0.4, -0.2) is 65.2 Å². The summed E-state index contributed by atoms with van der Waals surface area (Å²) in [5.41, 5.74) is 1.46. The fourth-order valence-electron chi connectivity index (χ4n) is 3.24. The van der Waals surface area contributed by atoms with Crippen LogP contribution in [0.5, 0.6) is 11.5 Å². The van der Waals surface area contributed by atoms with Crippen LogP contribution in [0.15, 0.2) is 30.6 Å². The Bertz CT molecular complexity index is 821. The Kier molecular flexibility index (Phi) is 5.06. The van der Waals surface area contributed by atoms with Crippen molar-refractivity contribution in [1.29, 1.82) is 0 Å². The molecule has 8 nitrogen and oxygen atoms in total. The molecule has 0 atom stereocenters. The van der Waals surface area contributed by atoms with Gasteiger partial charge < -0.3 is 24.6 Å². The summed E-state index contributed by atoms with van der Waals surface area (Å²) in [5, 5.41) is 3.24. The van der Waals surface area contributed by atoms with E-state index >= 15 is 0 Å². The number of carbonyl (C=O) groups is 1. The van der Waals surface area contributed by atoms with E-state index in [1.165, 1.54) is 6.33 Å². The predicted octanol–water partition coefficient (Wildman–Crippen LogP) is 1.60. The Balaban J connectivity index is 1.38. The van der Waals surface area contributed by atoms with Crippen molar-refractivity contribution in [2.75, 3.05) is 44.8 Å². The van der Waals surface area contributed by atoms with Gasteiger partial charge in [0.25, 0.3) is 5.91 Å². The van der Waals surface area contributed by atoms with Crippen LogP contribution in [0.1, 0.15) is 23.0 Å². The minimum atomic E-state index is -0.0423. The number of anilines is 1. The summed E-state index contributed by atoms with van der Waals surface area (Å²) in [4.78, 5) is 25.3. The number of aromatic nitrogens is 2. The molecule has 1 aromatic heterocycles. The molecule has 4 rings (SSSR count). The van der Waals surface area contributed by atoms with Crippen LogP contribution in [0.25, 0.3) is 0 Å². The maximum Gasteiger partial charge on any atom is 0.272 e. The van der Waals surface area contributed by atoms with Gasteiger partial charge in [-0.25, -0.2) is 9.97 Å². The van der Waals surface area contributed by atoms with Gasteiger partial charge in [-0.2, -0.15) is 0 Å². The normalized spacial score (nSPS) is 16.4. The maximum atomic E-state index is 12.7. The smallest absolute Gasteiger partial charge is 0.272 e. The zero-order valence-electron chi connectivity index (χ0n) is 15.4. The third-order valence-electron chi connectivity index (χ3n) is 4.90. The molecule has 1 saturated heterocycles. The van der Waals surface area contributed by atoms with Crippen LogP contribution in [0.3, 0.4) is 0 Å². The van der Waals surface area contributed by atoms with Crippen LogP contribution >= 0.6 is 0 Å². The summed E-state index contributed by atoms with van der Waals surface area (Å²) in [6.07, 6.45) is 1.43. The molecular formula is C19H23N5O3. The van der Waals surface area contributed by atoms with Crippen LogP contribution in [0.2, 0.25) is 0 Å². The molecule has 142 valence electrons. The molecular weight excluding hydrogens is 346 g/mol. The summed E-state index contributed by atoms with van der Waals surface area (Å²) in [7, 11) is 0. The van der Waals surface area contributed by atoms with Gasteiger partial charge in [0.1, 0.15) is 17.8 Å². The van der Waals surface area contributed by atoms with Gasteiger partial charge in [-0.05, 0) is 24.2 Å². The van der Waals surface area contributed by atoms with E-state index in [0.29, 0.717) is 18.1 Å². The molecule has 0 aliphatic carbocycles. The summed E-state index contributed by atoms with van der Waals surface area (Å²) in [6, 6.07) is 7.52. The van der Waals surface area contributed by atoms with E-state index in [1.807, 2.05) is 23.1 Å². The first kappa shape index (κ1) is 17.5. The molecule has 1 amide bonds. The number of nitrogens with one attached hydrogen (secondary N) is 1. The molecule has 2 aromatic rings. The first-order chi connectivity index (χ1) is 13.2. The average molecular weight is 369 g/mol. The average Bonchev–Trinajstić information content (AvgIpc) is 3.20. The largest absolute Gasteiger partial charge is 0.454 e. The van der Waals surface area contributed by atoms with Gasteiger partial charge in [0.05, 0.1) is 0 Å². The number of hydrogen-bond donors (Lipinski definition) is 1. The molecule has 1 N–H and O–H groups in total. The third-order valence-corrected chi connectivity index (χ3v) is 4.90. The molecule has 3 heterocycles. The lowest BCUT2D eigenvalue weighted by Crippen LogP contribution is -2.48. The summed E-state index contributed by atoms with van der Waals surface area (Å²) >= 11 is 0. The monoisotopic (exact) mass is 369 g/mol. The minimum Gasteiger partial charge on any atom is -0.454 e. The number of likely N-dealkylation sites (N-methyl/N-ethyl adjacent to an activating group) is 1. The van der Waals surface area contributed by atoms with E-state index in [-0.39, 0.29) is 12.7 Å². The second-order valence-electron chi connectivity index (χ2n) is 6.56. The van der Waals surface area contributed by atoms with Crippen molar-refractivity contribution in [1.82, 2.24) is 19.8 Å². The quantitative estimate of drug-likeness (QED) is 0.857. The molecule has 2 aliphatic heterocycles. The molecule has 0 spiro atoms. The first-order valence-electron chi connectivity index (χ1n) is 9.19. The molecule has 0 unspecified atom stereocenters. The number of fused-ring (bicyclic) bond motifs is 1. The lowest BCUT2D eigenvalue weighted by molar-refractivity contribution is 0.0637. The summed E-state index contributed by atoms with van der Waals surface area (Å²) < 4.78 is 10.7. The van der Waals surface area contributed by atoms with E-state index in [4.69, 9.17) is 9.47 Å². The Hall–Kier alpha value is -2.87. The Labute approximate surface area is 158 Å². The van der Waals surface area contributed by atoms with Crippen LogP contribution in [-0.2, 0) is 6.54 Å². The topological polar surface area (TPSA) is 79.8 Å². The number of amides is 1. The number of nitrogens with zero attached hydrogens (tertiary/aromatic N) is 4. The number of hydrogen-bond acceptors (Lipinski definition) is 7. The lowest BCUT2D eigenvalue weighted by Gasteiger charge is -2.33. The maximum absolute atomic E-state index is 12.7. The molecule has 27 heavy (non-hydrogen) atoms. The highest BCUT2D eigenvalue weighted by molar-refractivity contribution is 5.93. The van der Waals surface area contributed by atoms with Gasteiger partial charge in [0.2, 0.25) is 6.79 Å². The number of piperazine rings is 1. The first-order valence-corrected chi connectivity index (χ1v) is 9.19. The number of benzene rings is 1. The fraction of sp³-hybridized carbons (Fsp3) is 0.421. The van der Waals surface area contributed by atoms with Gasteiger partial charge in [-0.3, -0.25) is 4.79 Å². The van der Waals surface area contributed by atoms with Gasteiger partial charge in [0, 0.05) is 38.8 Å². The zero-order valence-corrected chi connectivity index (χ0v) is 15.4. The summed E-state index contributed by atoms with van der Waals surface area (Å²) in [6.45, 7) is 7.26. The number of ether oxygens (including phenoxy) is 2. The predicted molar refractivity (Wildman–Crippen MR) is 99.9 cm³/mol. The van der Waals surface area contributed by atoms with Gasteiger partial charge in [-0.15, -0.1) is 0 Å². The van der Waals surface area contributed by atoms with Crippen molar-refractivity contribution in [2.24, 2.45) is 0 Å². The highest BCUT2D eigenvalue weighted by Gasteiger charge is 2.22. The Morgan fingerprint density at radius 3 is 2.74 bits per heavy atom. The van der Waals surface area contributed by atoms with Crippen molar-refractivity contribution in [3.63, 3.8) is 0 Å². The minimum absolute atomic E-state index is 0.0423. The number of carbonyl (C=O) groups excluding carboxylic acids is 1. The van der Waals surface area contributed by atoms with Crippen LogP contribution < -0.4 is 14.8 Å². The molecule has 2 aliphatic rings. The molecule has 0 saturated carbocycles. The fourth-order valence-corrected chi connectivity index (χ4v) is 3.24. The van der Waals surface area contributed by atoms with Gasteiger partial charge in [0.15, 0.2) is 11.5 Å². The van der Waals surface area contributed by atoms with Crippen molar-refractivity contribution in [3.05, 3.63) is 41.9 Å². The third kappa shape index (κ3) is 3.95. The molecule has 0 bridgehead atoms. The van der Waals surface area contributed by atoms with E-state index in [2.05, 4.69) is 27.1 Å². The summed E-state index contributed by atoms with van der Waals surface area (Å²) in [5.74, 6) is 2.09. The second kappa shape index (κ2) is 7.79. The number of rotatable bonds is 5. The molecule has 1 aromatic carbocycles. The molecule has 8 heteroatoms. The van der Waals surface area contributed by atoms with Crippen molar-refractivity contribution < 1.29 is 14.3 Å². The van der Waals surface area contributed by atoms with E-state index in [1.54, 1.807) is 6.07 Å². The van der Waals surface area contributed by atoms with E-state index < -0.39 is 0 Å². The van der Waals surface area contributed by atoms with Gasteiger partial charge in [-0.1, -0.05) is 13.0 Å². The zero-order chi connectivity index (χ0) is 18.6. The van der Waals surface area contributed by atoms with Crippen molar-refractivity contribution >= 4 is 11.7 Å². The second-order valence-corrected chi connectivity index (χ2v) is 6.56. The van der Waals surface area contributed by atoms with Crippen LogP contribution in [0, 0.1) is 0 Å². The van der Waals surface area contributed by atoms with Crippen LogP contribution in [0.4, 0.5) is 5.82 Å². The van der Waals surface area contributed by atoms with Crippen molar-refractivity contribution in [2.45, 2.75) is 13.5 Å². The highest BCUT2D eigenvalue weighted by Crippen LogP contribution is 2.32. The highest BCUT2D eigenvalue weighted by atomic mass is 16.7. The van der Waals surface area contributed by atoms with E-state index in [0.717, 1.165) is 49.8 Å². The van der Waals surface area contributed by atoms with Crippen molar-refractivity contribution in [3.8, 4) is 11.5 Å². The lowest BCUT2D eigenvalue weighted by atomic mass is 10.2. The van der Waals surface area contributed by atoms with Gasteiger partial charge >= 0.3 is 0 Å².